The Bertz CT molecular complexity index is 1090. The van der Waals surface area contributed by atoms with Crippen molar-refractivity contribution >= 4 is 22.1 Å². The van der Waals surface area contributed by atoms with Gasteiger partial charge in [0.2, 0.25) is 0 Å². The summed E-state index contributed by atoms with van der Waals surface area (Å²) in [6.45, 7) is 23.5. The maximum Gasteiger partial charge on any atom is 0.0428 e. The molecule has 0 spiro atoms. The zero-order valence-electron chi connectivity index (χ0n) is 22.7. The van der Waals surface area contributed by atoms with Crippen molar-refractivity contribution in [2.24, 2.45) is 10.8 Å². The van der Waals surface area contributed by atoms with Gasteiger partial charge in [0.05, 0.1) is 0 Å². The molecule has 0 atom stereocenters. The van der Waals surface area contributed by atoms with Gasteiger partial charge in [0, 0.05) is 11.4 Å². The highest BCUT2D eigenvalue weighted by Crippen LogP contribution is 2.44. The van der Waals surface area contributed by atoms with Crippen molar-refractivity contribution < 1.29 is 0 Å². The summed E-state index contributed by atoms with van der Waals surface area (Å²) in [5.74, 6) is 0. The number of rotatable bonds is 6. The third kappa shape index (κ3) is 6.40. The van der Waals surface area contributed by atoms with Gasteiger partial charge in [0.15, 0.2) is 0 Å². The van der Waals surface area contributed by atoms with E-state index in [1.807, 2.05) is 0 Å². The van der Waals surface area contributed by atoms with Crippen LogP contribution in [0.15, 0.2) is 60.7 Å². The molecule has 0 radical (unpaired) electrons. The Hall–Kier alpha value is -2.28. The molecule has 0 aliphatic heterocycles. The lowest BCUT2D eigenvalue weighted by Gasteiger charge is -2.35. The molecular weight excluding hydrogens is 398 g/mol. The average Bonchev–Trinajstić information content (AvgIpc) is 2.64. The summed E-state index contributed by atoms with van der Waals surface area (Å²) in [6.07, 6.45) is 2.27. The maximum atomic E-state index is 3.78. The van der Waals surface area contributed by atoms with Gasteiger partial charge < -0.3 is 5.32 Å². The van der Waals surface area contributed by atoms with Crippen LogP contribution in [0.4, 0.5) is 11.4 Å². The number of benzene rings is 3. The molecule has 0 aromatic heterocycles. The summed E-state index contributed by atoms with van der Waals surface area (Å²) >= 11 is 0. The fraction of sp³-hybridized carbons (Fsp3) is 0.500. The molecule has 33 heavy (non-hydrogen) atoms. The second kappa shape index (κ2) is 8.82. The van der Waals surface area contributed by atoms with Crippen LogP contribution in [0.25, 0.3) is 10.8 Å². The molecular formula is C32H45N. The molecule has 0 saturated heterocycles. The van der Waals surface area contributed by atoms with E-state index in [0.29, 0.717) is 5.41 Å². The summed E-state index contributed by atoms with van der Waals surface area (Å²) in [5.41, 5.74) is 5.91. The third-order valence-electron chi connectivity index (χ3n) is 6.50. The summed E-state index contributed by atoms with van der Waals surface area (Å²) in [7, 11) is 0. The zero-order valence-corrected chi connectivity index (χ0v) is 22.7. The highest BCUT2D eigenvalue weighted by atomic mass is 14.9. The minimum absolute atomic E-state index is 0.0378. The van der Waals surface area contributed by atoms with Crippen LogP contribution in [0.2, 0.25) is 0 Å². The van der Waals surface area contributed by atoms with Gasteiger partial charge in [0.1, 0.15) is 0 Å². The van der Waals surface area contributed by atoms with Crippen LogP contribution in [0, 0.1) is 10.8 Å². The van der Waals surface area contributed by atoms with Crippen LogP contribution in [-0.4, -0.2) is 0 Å². The summed E-state index contributed by atoms with van der Waals surface area (Å²) in [6, 6.07) is 22.4. The van der Waals surface area contributed by atoms with Crippen molar-refractivity contribution in [1.29, 1.82) is 0 Å². The lowest BCUT2D eigenvalue weighted by molar-refractivity contribution is 0.284. The Labute approximate surface area is 203 Å². The average molecular weight is 444 g/mol. The molecule has 0 saturated carbocycles. The molecule has 1 N–H and O–H groups in total. The molecule has 1 heteroatoms. The van der Waals surface area contributed by atoms with Gasteiger partial charge in [-0.3, -0.25) is 0 Å². The quantitative estimate of drug-likeness (QED) is 0.399. The monoisotopic (exact) mass is 443 g/mol. The minimum atomic E-state index is 0.0378. The fourth-order valence-corrected chi connectivity index (χ4v) is 6.11. The molecule has 0 bridgehead atoms. The zero-order chi connectivity index (χ0) is 24.7. The second-order valence-corrected chi connectivity index (χ2v) is 13.7. The van der Waals surface area contributed by atoms with Crippen molar-refractivity contribution in [3.63, 3.8) is 0 Å². The number of hydrogen-bond acceptors (Lipinski definition) is 1. The first-order valence-corrected chi connectivity index (χ1v) is 12.5. The molecule has 178 valence electrons. The summed E-state index contributed by atoms with van der Waals surface area (Å²) < 4.78 is 0. The Morgan fingerprint density at radius 1 is 0.576 bits per heavy atom. The number of anilines is 2. The second-order valence-electron chi connectivity index (χ2n) is 13.7. The first-order chi connectivity index (χ1) is 15.1. The highest BCUT2D eigenvalue weighted by Gasteiger charge is 2.31. The van der Waals surface area contributed by atoms with E-state index >= 15 is 0 Å². The van der Waals surface area contributed by atoms with E-state index in [1.54, 1.807) is 0 Å². The first kappa shape index (κ1) is 25.3. The van der Waals surface area contributed by atoms with Crippen molar-refractivity contribution in [3.8, 4) is 0 Å². The maximum absolute atomic E-state index is 3.78. The largest absolute Gasteiger partial charge is 0.355 e. The van der Waals surface area contributed by atoms with E-state index in [9.17, 15) is 0 Å². The van der Waals surface area contributed by atoms with Crippen LogP contribution >= 0.6 is 0 Å². The summed E-state index contributed by atoms with van der Waals surface area (Å²) in [5, 5.41) is 6.44. The van der Waals surface area contributed by atoms with Crippen molar-refractivity contribution in [3.05, 3.63) is 71.8 Å². The number of nitrogens with one attached hydrogen (secondary N) is 1. The van der Waals surface area contributed by atoms with E-state index in [-0.39, 0.29) is 16.2 Å². The van der Waals surface area contributed by atoms with E-state index in [0.717, 1.165) is 18.5 Å². The van der Waals surface area contributed by atoms with Crippen molar-refractivity contribution in [2.75, 3.05) is 5.32 Å². The van der Waals surface area contributed by atoms with Crippen LogP contribution < -0.4 is 5.32 Å². The van der Waals surface area contributed by atoms with Gasteiger partial charge >= 0.3 is 0 Å². The normalized spacial score (nSPS) is 13.4. The summed E-state index contributed by atoms with van der Waals surface area (Å²) in [4.78, 5) is 0. The van der Waals surface area contributed by atoms with Crippen molar-refractivity contribution in [2.45, 2.75) is 92.9 Å². The van der Waals surface area contributed by atoms with Crippen molar-refractivity contribution in [1.82, 2.24) is 0 Å². The molecule has 3 aromatic rings. The van der Waals surface area contributed by atoms with E-state index in [4.69, 9.17) is 0 Å². The minimum Gasteiger partial charge on any atom is -0.355 e. The molecule has 0 aliphatic rings. The van der Waals surface area contributed by atoms with Gasteiger partial charge in [-0.25, -0.2) is 0 Å². The smallest absolute Gasteiger partial charge is 0.0428 e. The lowest BCUT2D eigenvalue weighted by atomic mass is 9.70. The SMILES string of the molecule is CC(C)(C)CC(C)(C)c1ccc(Nc2ccc3ccccc3c2C(C)(C)CC(C)(C)C)cc1. The van der Waals surface area contributed by atoms with Crippen LogP contribution in [-0.2, 0) is 10.8 Å². The lowest BCUT2D eigenvalue weighted by Crippen LogP contribution is -2.26. The number of hydrogen-bond donors (Lipinski definition) is 1. The molecule has 3 rings (SSSR count). The van der Waals surface area contributed by atoms with Crippen LogP contribution in [0.3, 0.4) is 0 Å². The Morgan fingerprint density at radius 3 is 1.70 bits per heavy atom. The molecule has 1 nitrogen and oxygen atoms in total. The Kier molecular flexibility index (Phi) is 6.77. The number of fused-ring (bicyclic) bond motifs is 1. The predicted octanol–water partition coefficient (Wildman–Crippen LogP) is 10.0. The van der Waals surface area contributed by atoms with Gasteiger partial charge in [-0.2, -0.15) is 0 Å². The molecule has 0 heterocycles. The molecule has 0 amide bonds. The Balaban J connectivity index is 2.00. The predicted molar refractivity (Wildman–Crippen MR) is 148 cm³/mol. The molecule has 0 aliphatic carbocycles. The standard InChI is InChI=1S/C32H45N/c1-29(2,3)21-31(7,8)24-16-18-25(19-17-24)33-27-20-15-23-13-11-12-14-26(23)28(27)32(9,10)22-30(4,5)6/h11-20,33H,21-22H2,1-10H3. The third-order valence-corrected chi connectivity index (χ3v) is 6.50. The molecule has 0 unspecified atom stereocenters. The van der Waals surface area contributed by atoms with Crippen LogP contribution in [0.5, 0.6) is 0 Å². The first-order valence-electron chi connectivity index (χ1n) is 12.5. The van der Waals surface area contributed by atoms with E-state index in [1.165, 1.54) is 27.6 Å². The fourth-order valence-electron chi connectivity index (χ4n) is 6.11. The topological polar surface area (TPSA) is 12.0 Å². The Morgan fingerprint density at radius 2 is 1.12 bits per heavy atom. The molecule has 3 aromatic carbocycles. The van der Waals surface area contributed by atoms with Gasteiger partial charge in [-0.15, -0.1) is 0 Å². The van der Waals surface area contributed by atoms with E-state index in [2.05, 4.69) is 135 Å². The highest BCUT2D eigenvalue weighted by molar-refractivity contribution is 5.92. The van der Waals surface area contributed by atoms with Gasteiger partial charge in [-0.05, 0) is 74.6 Å². The van der Waals surface area contributed by atoms with Crippen LogP contribution in [0.1, 0.15) is 93.2 Å². The molecule has 0 fully saturated rings. The van der Waals surface area contributed by atoms with E-state index < -0.39 is 0 Å². The van der Waals surface area contributed by atoms with Gasteiger partial charge in [0.25, 0.3) is 0 Å². The van der Waals surface area contributed by atoms with Gasteiger partial charge in [-0.1, -0.05) is 112 Å².